The average molecular weight is 363 g/mol. The zero-order valence-electron chi connectivity index (χ0n) is 15.4. The molecule has 2 aromatic heterocycles. The molecule has 3 heterocycles. The molecule has 3 aromatic rings. The number of fused-ring (bicyclic) bond motifs is 1. The summed E-state index contributed by atoms with van der Waals surface area (Å²) in [6, 6.07) is 9.75. The van der Waals surface area contributed by atoms with Crippen LogP contribution in [-0.4, -0.2) is 29.1 Å². The van der Waals surface area contributed by atoms with Crippen molar-refractivity contribution in [1.29, 1.82) is 0 Å². The molecular formula is C19H21N7O. The molecule has 0 unspecified atom stereocenters. The van der Waals surface area contributed by atoms with E-state index in [0.29, 0.717) is 5.95 Å². The molecule has 1 aliphatic rings. The Morgan fingerprint density at radius 2 is 2.04 bits per heavy atom. The van der Waals surface area contributed by atoms with Gasteiger partial charge < -0.3 is 15.4 Å². The van der Waals surface area contributed by atoms with E-state index in [1.54, 1.807) is 13.3 Å². The Kier molecular flexibility index (Phi) is 4.47. The Bertz CT molecular complexity index is 976. The molecule has 1 aromatic carbocycles. The Balaban J connectivity index is 1.69. The Morgan fingerprint density at radius 3 is 2.85 bits per heavy atom. The first-order valence-electron chi connectivity index (χ1n) is 8.63. The van der Waals surface area contributed by atoms with Gasteiger partial charge in [0.15, 0.2) is 0 Å². The predicted molar refractivity (Wildman–Crippen MR) is 106 cm³/mol. The van der Waals surface area contributed by atoms with Crippen molar-refractivity contribution in [3.63, 3.8) is 0 Å². The van der Waals surface area contributed by atoms with E-state index < -0.39 is 0 Å². The topological polar surface area (TPSA) is 87.2 Å². The number of pyridine rings is 1. The van der Waals surface area contributed by atoms with Crippen LogP contribution in [0.3, 0.4) is 0 Å². The third kappa shape index (κ3) is 3.34. The number of nitrogens with one attached hydrogen (secondary N) is 3. The van der Waals surface area contributed by atoms with E-state index in [1.165, 1.54) is 0 Å². The van der Waals surface area contributed by atoms with Crippen molar-refractivity contribution in [3.8, 4) is 5.75 Å². The molecule has 0 saturated heterocycles. The summed E-state index contributed by atoms with van der Waals surface area (Å²) in [7, 11) is 3.50. The van der Waals surface area contributed by atoms with E-state index in [4.69, 9.17) is 4.74 Å². The number of methoxy groups -OCH3 is 1. The number of hydrazine groups is 1. The number of rotatable bonds is 5. The monoisotopic (exact) mass is 363 g/mol. The van der Waals surface area contributed by atoms with E-state index in [2.05, 4.69) is 31.0 Å². The highest BCUT2D eigenvalue weighted by atomic mass is 16.5. The summed E-state index contributed by atoms with van der Waals surface area (Å²) in [5.74, 6) is 2.06. The molecule has 8 heteroatoms. The van der Waals surface area contributed by atoms with Crippen molar-refractivity contribution in [1.82, 2.24) is 20.4 Å². The minimum atomic E-state index is 0.537. The summed E-state index contributed by atoms with van der Waals surface area (Å²) in [5.41, 5.74) is 8.22. The van der Waals surface area contributed by atoms with Crippen LogP contribution in [0, 0.1) is 6.92 Å². The minimum Gasteiger partial charge on any atom is -0.495 e. The molecule has 8 nitrogen and oxygen atoms in total. The lowest BCUT2D eigenvalue weighted by Gasteiger charge is -2.22. The van der Waals surface area contributed by atoms with Crippen LogP contribution in [0.15, 0.2) is 42.7 Å². The molecular weight excluding hydrogens is 342 g/mol. The summed E-state index contributed by atoms with van der Waals surface area (Å²) in [6.45, 7) is 2.66. The van der Waals surface area contributed by atoms with Crippen LogP contribution >= 0.6 is 0 Å². The van der Waals surface area contributed by atoms with E-state index in [0.717, 1.165) is 46.4 Å². The Hall–Kier alpha value is -3.39. The molecule has 3 N–H and O–H groups in total. The van der Waals surface area contributed by atoms with E-state index in [9.17, 15) is 0 Å². The van der Waals surface area contributed by atoms with Gasteiger partial charge in [-0.25, -0.2) is 10.4 Å². The molecule has 1 aliphatic heterocycles. The minimum absolute atomic E-state index is 0.537. The van der Waals surface area contributed by atoms with Gasteiger partial charge in [0, 0.05) is 49.0 Å². The lowest BCUT2D eigenvalue weighted by molar-refractivity contribution is 0.414. The van der Waals surface area contributed by atoms with Gasteiger partial charge >= 0.3 is 0 Å². The van der Waals surface area contributed by atoms with Gasteiger partial charge in [-0.1, -0.05) is 0 Å². The van der Waals surface area contributed by atoms with Crippen molar-refractivity contribution in [2.45, 2.75) is 13.5 Å². The van der Waals surface area contributed by atoms with Gasteiger partial charge in [-0.3, -0.25) is 9.99 Å². The summed E-state index contributed by atoms with van der Waals surface area (Å²) in [4.78, 5) is 13.1. The van der Waals surface area contributed by atoms with Crippen LogP contribution in [0.2, 0.25) is 0 Å². The summed E-state index contributed by atoms with van der Waals surface area (Å²) in [6.07, 6.45) is 3.66. The second-order valence-electron chi connectivity index (χ2n) is 6.15. The summed E-state index contributed by atoms with van der Waals surface area (Å²) in [5, 5.41) is 8.33. The Labute approximate surface area is 157 Å². The van der Waals surface area contributed by atoms with Gasteiger partial charge in [0.25, 0.3) is 0 Å². The van der Waals surface area contributed by atoms with Crippen molar-refractivity contribution >= 4 is 28.8 Å². The molecule has 0 atom stereocenters. The van der Waals surface area contributed by atoms with E-state index >= 15 is 0 Å². The fourth-order valence-electron chi connectivity index (χ4n) is 3.06. The lowest BCUT2D eigenvalue weighted by atomic mass is 10.2. The van der Waals surface area contributed by atoms with Gasteiger partial charge in [0.05, 0.1) is 12.8 Å². The maximum absolute atomic E-state index is 5.57. The van der Waals surface area contributed by atoms with Gasteiger partial charge in [-0.05, 0) is 31.2 Å². The second-order valence-corrected chi connectivity index (χ2v) is 6.15. The third-order valence-electron chi connectivity index (χ3n) is 4.33. The molecule has 4 rings (SSSR count). The van der Waals surface area contributed by atoms with Gasteiger partial charge in [-0.2, -0.15) is 4.98 Å². The van der Waals surface area contributed by atoms with Crippen molar-refractivity contribution < 1.29 is 4.74 Å². The first kappa shape index (κ1) is 17.0. The molecule has 0 spiro atoms. The molecule has 138 valence electrons. The van der Waals surface area contributed by atoms with Crippen LogP contribution < -0.4 is 25.8 Å². The third-order valence-corrected chi connectivity index (χ3v) is 4.33. The molecule has 0 aliphatic carbocycles. The largest absolute Gasteiger partial charge is 0.495 e. The molecule has 0 saturated carbocycles. The van der Waals surface area contributed by atoms with Gasteiger partial charge in [-0.15, -0.1) is 0 Å². The lowest BCUT2D eigenvalue weighted by Crippen LogP contribution is -2.27. The van der Waals surface area contributed by atoms with Crippen LogP contribution in [0.1, 0.15) is 11.3 Å². The normalized spacial score (nSPS) is 12.6. The zero-order chi connectivity index (χ0) is 18.8. The number of aryl methyl sites for hydroxylation is 1. The molecule has 27 heavy (non-hydrogen) atoms. The first-order valence-corrected chi connectivity index (χ1v) is 8.63. The smallest absolute Gasteiger partial charge is 0.229 e. The second kappa shape index (κ2) is 7.08. The fourth-order valence-corrected chi connectivity index (χ4v) is 3.06. The maximum atomic E-state index is 5.57. The maximum Gasteiger partial charge on any atom is 0.229 e. The number of ether oxygens (including phenoxy) is 1. The summed E-state index contributed by atoms with van der Waals surface area (Å²) < 4.78 is 5.57. The van der Waals surface area contributed by atoms with Crippen LogP contribution in [-0.2, 0) is 6.54 Å². The first-order chi connectivity index (χ1) is 13.2. The van der Waals surface area contributed by atoms with Gasteiger partial charge in [0.2, 0.25) is 5.95 Å². The highest BCUT2D eigenvalue weighted by molar-refractivity contribution is 5.76. The van der Waals surface area contributed by atoms with E-state index in [-0.39, 0.29) is 0 Å². The van der Waals surface area contributed by atoms with Crippen molar-refractivity contribution in [2.75, 3.05) is 29.8 Å². The number of nitrogens with zero attached hydrogens (tertiary/aromatic N) is 4. The number of benzene rings is 1. The number of anilines is 5. The molecule has 0 radical (unpaired) electrons. The quantitative estimate of drug-likeness (QED) is 0.637. The van der Waals surface area contributed by atoms with Crippen LogP contribution in [0.25, 0.3) is 0 Å². The average Bonchev–Trinajstić information content (AvgIpc) is 3.11. The highest BCUT2D eigenvalue weighted by Crippen LogP contribution is 2.38. The van der Waals surface area contributed by atoms with Crippen LogP contribution in [0.4, 0.5) is 28.8 Å². The standard InChI is InChI=1S/C19H21N7O/c1-12-8-18(20-2)25-19(23-12)24-14-4-5-17(27-3)16(9-14)26-15-6-7-21-10-13(15)11-22-26/h4-10,22H,11H2,1-3H3,(H2,20,23,24,25). The fraction of sp³-hybridized carbons (Fsp3) is 0.211. The summed E-state index contributed by atoms with van der Waals surface area (Å²) >= 11 is 0. The van der Waals surface area contributed by atoms with Crippen molar-refractivity contribution in [2.24, 2.45) is 0 Å². The number of aromatic nitrogens is 3. The van der Waals surface area contributed by atoms with Gasteiger partial charge in [0.1, 0.15) is 17.3 Å². The SMILES string of the molecule is CNc1cc(C)nc(Nc2ccc(OC)c(N3NCc4cnccc43)c2)n1. The number of hydrogen-bond acceptors (Lipinski definition) is 8. The molecule has 0 fully saturated rings. The highest BCUT2D eigenvalue weighted by Gasteiger charge is 2.23. The zero-order valence-corrected chi connectivity index (χ0v) is 15.4. The molecule has 0 bridgehead atoms. The van der Waals surface area contributed by atoms with Crippen LogP contribution in [0.5, 0.6) is 5.75 Å². The van der Waals surface area contributed by atoms with E-state index in [1.807, 2.05) is 55.5 Å². The van der Waals surface area contributed by atoms with Crippen molar-refractivity contribution in [3.05, 3.63) is 54.0 Å². The molecule has 0 amide bonds. The predicted octanol–water partition coefficient (Wildman–Crippen LogP) is 3.13. The Morgan fingerprint density at radius 1 is 1.15 bits per heavy atom. The number of hydrogen-bond donors (Lipinski definition) is 3.